The zero-order valence-corrected chi connectivity index (χ0v) is 17.3. The van der Waals surface area contributed by atoms with Crippen molar-refractivity contribution in [3.05, 3.63) is 48.2 Å². The van der Waals surface area contributed by atoms with Gasteiger partial charge in [0.15, 0.2) is 0 Å². The Morgan fingerprint density at radius 3 is 2.43 bits per heavy atom. The molecule has 1 aromatic carbocycles. The van der Waals surface area contributed by atoms with E-state index in [0.717, 1.165) is 43.1 Å². The number of nitrogens with one attached hydrogen (secondary N) is 2. The van der Waals surface area contributed by atoms with E-state index in [1.165, 1.54) is 25.7 Å². The summed E-state index contributed by atoms with van der Waals surface area (Å²) >= 11 is 0. The SMILES string of the molecule is O=C(NCc1ccnc(N2CCCCCC2)c1)Nc1ccc(N2CCCC2=O)cc1. The van der Waals surface area contributed by atoms with Gasteiger partial charge in [-0.25, -0.2) is 9.78 Å². The topological polar surface area (TPSA) is 77.6 Å². The normalized spacial score (nSPS) is 17.0. The summed E-state index contributed by atoms with van der Waals surface area (Å²) in [5.41, 5.74) is 2.60. The quantitative estimate of drug-likeness (QED) is 0.788. The molecule has 1 aromatic heterocycles. The van der Waals surface area contributed by atoms with E-state index < -0.39 is 0 Å². The molecular weight excluding hydrogens is 378 g/mol. The number of amides is 3. The molecule has 2 N–H and O–H groups in total. The molecule has 0 atom stereocenters. The molecule has 2 aliphatic heterocycles. The van der Waals surface area contributed by atoms with Gasteiger partial charge in [0, 0.05) is 50.2 Å². The minimum absolute atomic E-state index is 0.158. The van der Waals surface area contributed by atoms with E-state index in [1.54, 1.807) is 4.90 Å². The molecular formula is C23H29N5O2. The number of hydrogen-bond acceptors (Lipinski definition) is 4. The molecule has 4 rings (SSSR count). The first-order valence-electron chi connectivity index (χ1n) is 10.8. The van der Waals surface area contributed by atoms with E-state index in [4.69, 9.17) is 0 Å². The molecule has 0 unspecified atom stereocenters. The molecule has 0 spiro atoms. The lowest BCUT2D eigenvalue weighted by Gasteiger charge is -2.21. The number of benzene rings is 1. The van der Waals surface area contributed by atoms with Gasteiger partial charge < -0.3 is 20.4 Å². The molecule has 2 fully saturated rings. The lowest BCUT2D eigenvalue weighted by atomic mass is 10.2. The number of nitrogens with zero attached hydrogens (tertiary/aromatic N) is 3. The monoisotopic (exact) mass is 407 g/mol. The second-order valence-corrected chi connectivity index (χ2v) is 7.93. The third-order valence-corrected chi connectivity index (χ3v) is 5.70. The molecule has 7 nitrogen and oxygen atoms in total. The summed E-state index contributed by atoms with van der Waals surface area (Å²) in [4.78, 5) is 32.8. The van der Waals surface area contributed by atoms with Crippen molar-refractivity contribution in [3.63, 3.8) is 0 Å². The summed E-state index contributed by atoms with van der Waals surface area (Å²) in [7, 11) is 0. The number of anilines is 3. The molecule has 0 bridgehead atoms. The van der Waals surface area contributed by atoms with E-state index in [9.17, 15) is 9.59 Å². The van der Waals surface area contributed by atoms with Gasteiger partial charge in [-0.15, -0.1) is 0 Å². The van der Waals surface area contributed by atoms with Crippen LogP contribution in [0, 0.1) is 0 Å². The lowest BCUT2D eigenvalue weighted by molar-refractivity contribution is -0.117. The largest absolute Gasteiger partial charge is 0.357 e. The smallest absolute Gasteiger partial charge is 0.319 e. The van der Waals surface area contributed by atoms with Gasteiger partial charge in [0.2, 0.25) is 5.91 Å². The minimum Gasteiger partial charge on any atom is -0.357 e. The van der Waals surface area contributed by atoms with Crippen LogP contribution in [0.5, 0.6) is 0 Å². The Morgan fingerprint density at radius 1 is 0.967 bits per heavy atom. The molecule has 3 amide bonds. The van der Waals surface area contributed by atoms with Crippen LogP contribution in [0.15, 0.2) is 42.6 Å². The molecule has 2 saturated heterocycles. The van der Waals surface area contributed by atoms with Gasteiger partial charge in [-0.3, -0.25) is 4.79 Å². The fraction of sp³-hybridized carbons (Fsp3) is 0.435. The average Bonchev–Trinajstić information content (AvgIpc) is 3.01. The number of pyridine rings is 1. The van der Waals surface area contributed by atoms with E-state index in [-0.39, 0.29) is 11.9 Å². The zero-order chi connectivity index (χ0) is 20.8. The van der Waals surface area contributed by atoms with Gasteiger partial charge in [-0.1, -0.05) is 12.8 Å². The summed E-state index contributed by atoms with van der Waals surface area (Å²) in [6.45, 7) is 3.29. The van der Waals surface area contributed by atoms with Crippen molar-refractivity contribution in [1.82, 2.24) is 10.3 Å². The van der Waals surface area contributed by atoms with Gasteiger partial charge >= 0.3 is 6.03 Å². The Morgan fingerprint density at radius 2 is 1.73 bits per heavy atom. The number of carbonyl (C=O) groups is 2. The first kappa shape index (κ1) is 20.2. The van der Waals surface area contributed by atoms with Crippen LogP contribution in [0.3, 0.4) is 0 Å². The molecule has 2 aliphatic rings. The van der Waals surface area contributed by atoms with Crippen molar-refractivity contribution >= 4 is 29.1 Å². The summed E-state index contributed by atoms with van der Waals surface area (Å²) < 4.78 is 0. The van der Waals surface area contributed by atoms with Crippen LogP contribution in [0.2, 0.25) is 0 Å². The first-order valence-corrected chi connectivity index (χ1v) is 10.8. The van der Waals surface area contributed by atoms with Crippen molar-refractivity contribution in [2.75, 3.05) is 34.8 Å². The van der Waals surface area contributed by atoms with Gasteiger partial charge in [-0.2, -0.15) is 0 Å². The zero-order valence-electron chi connectivity index (χ0n) is 17.3. The first-order chi connectivity index (χ1) is 14.7. The maximum absolute atomic E-state index is 12.3. The van der Waals surface area contributed by atoms with Crippen molar-refractivity contribution in [2.45, 2.75) is 45.1 Å². The molecule has 0 saturated carbocycles. The maximum Gasteiger partial charge on any atom is 0.319 e. The van der Waals surface area contributed by atoms with E-state index in [1.807, 2.05) is 36.5 Å². The Hall–Kier alpha value is -3.09. The van der Waals surface area contributed by atoms with E-state index in [2.05, 4.69) is 26.6 Å². The lowest BCUT2D eigenvalue weighted by Crippen LogP contribution is -2.29. The van der Waals surface area contributed by atoms with E-state index in [0.29, 0.717) is 18.7 Å². The summed E-state index contributed by atoms with van der Waals surface area (Å²) in [6.07, 6.45) is 8.30. The Bertz CT molecular complexity index is 875. The van der Waals surface area contributed by atoms with Crippen LogP contribution in [-0.2, 0) is 11.3 Å². The second-order valence-electron chi connectivity index (χ2n) is 7.93. The van der Waals surface area contributed by atoms with Crippen LogP contribution < -0.4 is 20.4 Å². The van der Waals surface area contributed by atoms with Gasteiger partial charge in [0.25, 0.3) is 0 Å². The average molecular weight is 408 g/mol. The van der Waals surface area contributed by atoms with Gasteiger partial charge in [0.1, 0.15) is 5.82 Å². The predicted molar refractivity (Wildman–Crippen MR) is 119 cm³/mol. The highest BCUT2D eigenvalue weighted by Crippen LogP contribution is 2.23. The fourth-order valence-corrected chi connectivity index (χ4v) is 4.05. The molecule has 3 heterocycles. The number of hydrogen-bond donors (Lipinski definition) is 2. The van der Waals surface area contributed by atoms with Crippen molar-refractivity contribution in [1.29, 1.82) is 0 Å². The highest BCUT2D eigenvalue weighted by atomic mass is 16.2. The van der Waals surface area contributed by atoms with Crippen LogP contribution in [-0.4, -0.2) is 36.6 Å². The van der Waals surface area contributed by atoms with Crippen molar-refractivity contribution in [3.8, 4) is 0 Å². The molecule has 7 heteroatoms. The summed E-state index contributed by atoms with van der Waals surface area (Å²) in [5.74, 6) is 1.15. The van der Waals surface area contributed by atoms with E-state index >= 15 is 0 Å². The van der Waals surface area contributed by atoms with Crippen molar-refractivity contribution in [2.24, 2.45) is 0 Å². The number of carbonyl (C=O) groups excluding carboxylic acids is 2. The molecule has 0 radical (unpaired) electrons. The predicted octanol–water partition coefficient (Wildman–Crippen LogP) is 3.91. The molecule has 158 valence electrons. The minimum atomic E-state index is -0.256. The third kappa shape index (κ3) is 5.09. The Balaban J connectivity index is 1.29. The van der Waals surface area contributed by atoms with Gasteiger partial charge in [-0.05, 0) is 61.2 Å². The molecule has 30 heavy (non-hydrogen) atoms. The number of urea groups is 1. The standard InChI is InChI=1S/C23H29N5O2/c29-22-6-5-15-28(22)20-9-7-19(8-10-20)26-23(30)25-17-18-11-12-24-21(16-18)27-13-3-1-2-4-14-27/h7-12,16H,1-6,13-15,17H2,(H2,25,26,30). The molecule has 2 aromatic rings. The molecule has 0 aliphatic carbocycles. The third-order valence-electron chi connectivity index (χ3n) is 5.70. The maximum atomic E-state index is 12.3. The van der Waals surface area contributed by atoms with Crippen LogP contribution in [0.1, 0.15) is 44.1 Å². The fourth-order valence-electron chi connectivity index (χ4n) is 4.05. The van der Waals surface area contributed by atoms with Crippen LogP contribution in [0.4, 0.5) is 22.0 Å². The summed E-state index contributed by atoms with van der Waals surface area (Å²) in [6, 6.07) is 11.1. The second kappa shape index (κ2) is 9.61. The van der Waals surface area contributed by atoms with Crippen molar-refractivity contribution < 1.29 is 9.59 Å². The Labute approximate surface area is 177 Å². The highest BCUT2D eigenvalue weighted by molar-refractivity contribution is 5.96. The Kier molecular flexibility index (Phi) is 6.47. The number of aromatic nitrogens is 1. The number of rotatable bonds is 5. The van der Waals surface area contributed by atoms with Crippen LogP contribution in [0.25, 0.3) is 0 Å². The van der Waals surface area contributed by atoms with Gasteiger partial charge in [0.05, 0.1) is 0 Å². The summed E-state index contributed by atoms with van der Waals surface area (Å²) in [5, 5.41) is 5.75. The van der Waals surface area contributed by atoms with Crippen LogP contribution >= 0.6 is 0 Å². The highest BCUT2D eigenvalue weighted by Gasteiger charge is 2.21.